The predicted molar refractivity (Wildman–Crippen MR) is 102 cm³/mol. The maximum absolute atomic E-state index is 12.6. The minimum atomic E-state index is -4.45. The second kappa shape index (κ2) is 8.31. The van der Waals surface area contributed by atoms with E-state index in [1.54, 1.807) is 24.3 Å². The lowest BCUT2D eigenvalue weighted by molar-refractivity contribution is -0.137. The number of methoxy groups -OCH3 is 1. The largest absolute Gasteiger partial charge is 0.497 e. The Morgan fingerprint density at radius 3 is 2.21 bits per heavy atom. The number of benzene rings is 2. The van der Waals surface area contributed by atoms with Crippen molar-refractivity contribution in [3.63, 3.8) is 0 Å². The minimum absolute atomic E-state index is 0.0277. The van der Waals surface area contributed by atoms with E-state index in [1.165, 1.54) is 12.5 Å². The van der Waals surface area contributed by atoms with Crippen molar-refractivity contribution in [1.29, 1.82) is 0 Å². The van der Waals surface area contributed by atoms with Gasteiger partial charge in [-0.1, -0.05) is 0 Å². The number of nitrogens with one attached hydrogen (secondary N) is 2. The molecule has 29 heavy (non-hydrogen) atoms. The molecule has 2 N–H and O–H groups in total. The van der Waals surface area contributed by atoms with E-state index in [2.05, 4.69) is 15.6 Å². The molecule has 1 aromatic heterocycles. The highest BCUT2D eigenvalue weighted by Gasteiger charge is 2.30. The fourth-order valence-electron chi connectivity index (χ4n) is 2.28. The van der Waals surface area contributed by atoms with Crippen LogP contribution in [-0.4, -0.2) is 23.9 Å². The maximum Gasteiger partial charge on any atom is 0.416 e. The summed E-state index contributed by atoms with van der Waals surface area (Å²) in [7, 11) is 1.52. The molecule has 3 aromatic rings. The number of carbonyl (C=O) groups excluding carboxylic acids is 2. The molecule has 2 amide bonds. The van der Waals surface area contributed by atoms with Crippen LogP contribution in [0.2, 0.25) is 0 Å². The number of aromatic nitrogens is 1. The molecular weight excluding hydrogens is 407 g/mol. The Morgan fingerprint density at radius 2 is 1.62 bits per heavy atom. The van der Waals surface area contributed by atoms with Crippen molar-refractivity contribution >= 4 is 34.0 Å². The van der Waals surface area contributed by atoms with Crippen molar-refractivity contribution in [2.75, 3.05) is 17.7 Å². The van der Waals surface area contributed by atoms with E-state index >= 15 is 0 Å². The summed E-state index contributed by atoms with van der Waals surface area (Å²) in [6, 6.07) is 10.5. The summed E-state index contributed by atoms with van der Waals surface area (Å²) in [6.45, 7) is 0. The Balaban J connectivity index is 1.62. The molecule has 0 atom stereocenters. The number of rotatable bonds is 5. The molecule has 0 radical (unpaired) electrons. The first-order valence-electron chi connectivity index (χ1n) is 8.16. The van der Waals surface area contributed by atoms with Gasteiger partial charge in [0.25, 0.3) is 11.8 Å². The van der Waals surface area contributed by atoms with Crippen LogP contribution < -0.4 is 15.4 Å². The fraction of sp³-hybridized carbons (Fsp3) is 0.105. The zero-order valence-corrected chi connectivity index (χ0v) is 15.7. The summed E-state index contributed by atoms with van der Waals surface area (Å²) in [6.07, 6.45) is -4.45. The van der Waals surface area contributed by atoms with Gasteiger partial charge in [0.2, 0.25) is 0 Å². The van der Waals surface area contributed by atoms with Crippen LogP contribution >= 0.6 is 11.3 Å². The third-order valence-corrected chi connectivity index (χ3v) is 4.54. The molecule has 6 nitrogen and oxygen atoms in total. The topological polar surface area (TPSA) is 80.3 Å². The Morgan fingerprint density at radius 1 is 0.966 bits per heavy atom. The molecule has 10 heteroatoms. The van der Waals surface area contributed by atoms with Crippen molar-refractivity contribution in [1.82, 2.24) is 4.98 Å². The fourth-order valence-corrected chi connectivity index (χ4v) is 2.97. The van der Waals surface area contributed by atoms with Gasteiger partial charge >= 0.3 is 6.18 Å². The number of amides is 2. The van der Waals surface area contributed by atoms with E-state index in [1.807, 2.05) is 0 Å². The highest BCUT2D eigenvalue weighted by molar-refractivity contribution is 7.14. The van der Waals surface area contributed by atoms with Crippen molar-refractivity contribution in [2.45, 2.75) is 6.18 Å². The number of hydrogen-bond acceptors (Lipinski definition) is 5. The third kappa shape index (κ3) is 5.11. The van der Waals surface area contributed by atoms with Crippen LogP contribution in [0.1, 0.15) is 26.4 Å². The summed E-state index contributed by atoms with van der Waals surface area (Å²) in [5, 5.41) is 6.69. The van der Waals surface area contributed by atoms with E-state index in [-0.39, 0.29) is 16.5 Å². The molecule has 0 aliphatic heterocycles. The van der Waals surface area contributed by atoms with Crippen LogP contribution in [0.3, 0.4) is 0 Å². The lowest BCUT2D eigenvalue weighted by Crippen LogP contribution is -2.14. The summed E-state index contributed by atoms with van der Waals surface area (Å²) >= 11 is 1.05. The molecule has 0 saturated heterocycles. The van der Waals surface area contributed by atoms with E-state index in [4.69, 9.17) is 4.74 Å². The minimum Gasteiger partial charge on any atom is -0.497 e. The molecule has 0 unspecified atom stereocenters. The molecule has 0 aliphatic carbocycles. The van der Waals surface area contributed by atoms with E-state index in [9.17, 15) is 22.8 Å². The number of hydrogen-bond donors (Lipinski definition) is 2. The lowest BCUT2D eigenvalue weighted by atomic mass is 10.2. The van der Waals surface area contributed by atoms with Crippen LogP contribution in [0.25, 0.3) is 0 Å². The Hall–Kier alpha value is -3.40. The summed E-state index contributed by atoms with van der Waals surface area (Å²) in [4.78, 5) is 28.5. The number of carbonyl (C=O) groups is 2. The molecule has 1 heterocycles. The molecule has 0 aliphatic rings. The van der Waals surface area contributed by atoms with Gasteiger partial charge in [-0.3, -0.25) is 14.9 Å². The Labute approximate surface area is 167 Å². The first kappa shape index (κ1) is 20.3. The van der Waals surface area contributed by atoms with Crippen LogP contribution in [0.5, 0.6) is 5.75 Å². The van der Waals surface area contributed by atoms with Crippen LogP contribution in [0.4, 0.5) is 24.0 Å². The van der Waals surface area contributed by atoms with Crippen LogP contribution in [-0.2, 0) is 6.18 Å². The standard InChI is InChI=1S/C19H14F3N3O3S/c1-28-14-8-2-11(3-9-14)16(26)25-18-24-15(10-29-18)17(27)23-13-6-4-12(5-7-13)19(20,21)22/h2-10H,1H3,(H,23,27)(H,24,25,26). The van der Waals surface area contributed by atoms with Gasteiger partial charge in [-0.25, -0.2) is 4.98 Å². The van der Waals surface area contributed by atoms with Crippen molar-refractivity contribution in [3.8, 4) is 5.75 Å². The number of nitrogens with zero attached hydrogens (tertiary/aromatic N) is 1. The molecule has 2 aromatic carbocycles. The number of ether oxygens (including phenoxy) is 1. The highest BCUT2D eigenvalue weighted by Crippen LogP contribution is 2.30. The number of halogens is 3. The van der Waals surface area contributed by atoms with E-state index < -0.39 is 23.6 Å². The SMILES string of the molecule is COc1ccc(C(=O)Nc2nc(C(=O)Nc3ccc(C(F)(F)F)cc3)cs2)cc1. The van der Waals surface area contributed by atoms with Crippen LogP contribution in [0.15, 0.2) is 53.9 Å². The number of thiazole rings is 1. The van der Waals surface area contributed by atoms with E-state index in [0.717, 1.165) is 35.6 Å². The maximum atomic E-state index is 12.6. The normalized spacial score (nSPS) is 11.0. The van der Waals surface area contributed by atoms with Gasteiger partial charge in [-0.2, -0.15) is 13.2 Å². The summed E-state index contributed by atoms with van der Waals surface area (Å²) in [5.74, 6) is -0.402. The quantitative estimate of drug-likeness (QED) is 0.627. The molecule has 0 fully saturated rings. The molecule has 3 rings (SSSR count). The smallest absolute Gasteiger partial charge is 0.416 e. The second-order valence-corrected chi connectivity index (χ2v) is 6.61. The number of alkyl halides is 3. The Kier molecular flexibility index (Phi) is 5.83. The monoisotopic (exact) mass is 421 g/mol. The van der Waals surface area contributed by atoms with Gasteiger partial charge in [0.05, 0.1) is 12.7 Å². The molecule has 0 spiro atoms. The molecule has 150 valence electrons. The van der Waals surface area contributed by atoms with E-state index in [0.29, 0.717) is 11.3 Å². The molecular formula is C19H14F3N3O3S. The van der Waals surface area contributed by atoms with Crippen molar-refractivity contribution in [2.24, 2.45) is 0 Å². The van der Waals surface area contributed by atoms with Crippen molar-refractivity contribution < 1.29 is 27.5 Å². The molecule has 0 bridgehead atoms. The van der Waals surface area contributed by atoms with Gasteiger partial charge in [-0.05, 0) is 48.5 Å². The third-order valence-electron chi connectivity index (χ3n) is 3.78. The first-order valence-corrected chi connectivity index (χ1v) is 9.04. The lowest BCUT2D eigenvalue weighted by Gasteiger charge is -2.08. The van der Waals surface area contributed by atoms with Gasteiger partial charge in [0.15, 0.2) is 5.13 Å². The Bertz CT molecular complexity index is 1020. The summed E-state index contributed by atoms with van der Waals surface area (Å²) in [5.41, 5.74) is -0.204. The van der Waals surface area contributed by atoms with Crippen LogP contribution in [0, 0.1) is 0 Å². The van der Waals surface area contributed by atoms with Gasteiger partial charge in [0.1, 0.15) is 11.4 Å². The zero-order valence-electron chi connectivity index (χ0n) is 14.9. The molecule has 0 saturated carbocycles. The van der Waals surface area contributed by atoms with Gasteiger partial charge in [0, 0.05) is 16.6 Å². The summed E-state index contributed by atoms with van der Waals surface area (Å²) < 4.78 is 42.8. The average Bonchev–Trinajstić information content (AvgIpc) is 3.16. The average molecular weight is 421 g/mol. The highest BCUT2D eigenvalue weighted by atomic mass is 32.1. The van der Waals surface area contributed by atoms with Gasteiger partial charge < -0.3 is 10.1 Å². The predicted octanol–water partition coefficient (Wildman–Crippen LogP) is 4.68. The second-order valence-electron chi connectivity index (χ2n) is 5.75. The first-order chi connectivity index (χ1) is 13.8. The number of anilines is 2. The van der Waals surface area contributed by atoms with Gasteiger partial charge in [-0.15, -0.1) is 11.3 Å². The van der Waals surface area contributed by atoms with Crippen molar-refractivity contribution in [3.05, 3.63) is 70.7 Å². The zero-order chi connectivity index (χ0) is 21.0.